The van der Waals surface area contributed by atoms with E-state index in [2.05, 4.69) is 20.9 Å². The second-order valence-electron chi connectivity index (χ2n) is 8.90. The van der Waals surface area contributed by atoms with Crippen molar-refractivity contribution in [1.29, 1.82) is 0 Å². The highest BCUT2D eigenvalue weighted by Gasteiger charge is 2.26. The number of rotatable bonds is 8. The van der Waals surface area contributed by atoms with Gasteiger partial charge in [0.2, 0.25) is 5.91 Å². The number of hydrogen-bond acceptors (Lipinski definition) is 3. The smallest absolute Gasteiger partial charge is 0.319 e. The van der Waals surface area contributed by atoms with E-state index in [1.807, 2.05) is 50.2 Å². The molecule has 0 aliphatic carbocycles. The molecule has 1 aliphatic rings. The van der Waals surface area contributed by atoms with Gasteiger partial charge in [0.1, 0.15) is 6.04 Å². The van der Waals surface area contributed by atoms with Crippen LogP contribution >= 0.6 is 23.2 Å². The molecule has 1 saturated heterocycles. The van der Waals surface area contributed by atoms with Gasteiger partial charge in [-0.3, -0.25) is 9.69 Å². The van der Waals surface area contributed by atoms with Crippen molar-refractivity contribution >= 4 is 40.8 Å². The molecule has 8 heteroatoms. The molecule has 1 atom stereocenters. The van der Waals surface area contributed by atoms with Crippen molar-refractivity contribution in [2.75, 3.05) is 25.0 Å². The molecular formula is C25H32Cl2N4O2. The van der Waals surface area contributed by atoms with E-state index in [1.54, 1.807) is 12.1 Å². The topological polar surface area (TPSA) is 73.5 Å². The minimum atomic E-state index is -0.594. The molecule has 2 aromatic carbocycles. The Morgan fingerprint density at radius 3 is 2.36 bits per heavy atom. The first-order chi connectivity index (χ1) is 15.8. The normalized spacial score (nSPS) is 15.8. The van der Waals surface area contributed by atoms with Gasteiger partial charge in [0.15, 0.2) is 0 Å². The van der Waals surface area contributed by atoms with Gasteiger partial charge in [-0.2, -0.15) is 0 Å². The average Bonchev–Trinajstić information content (AvgIpc) is 2.80. The van der Waals surface area contributed by atoms with Gasteiger partial charge < -0.3 is 16.0 Å². The fraction of sp³-hybridized carbons (Fsp3) is 0.440. The van der Waals surface area contributed by atoms with E-state index in [0.717, 1.165) is 38.0 Å². The van der Waals surface area contributed by atoms with E-state index in [0.29, 0.717) is 28.2 Å². The van der Waals surface area contributed by atoms with Crippen molar-refractivity contribution in [2.24, 2.45) is 11.8 Å². The van der Waals surface area contributed by atoms with E-state index >= 15 is 0 Å². The monoisotopic (exact) mass is 490 g/mol. The highest BCUT2D eigenvalue weighted by Crippen LogP contribution is 2.24. The van der Waals surface area contributed by atoms with Crippen molar-refractivity contribution in [3.05, 3.63) is 64.1 Å². The van der Waals surface area contributed by atoms with Gasteiger partial charge in [0, 0.05) is 18.8 Å². The van der Waals surface area contributed by atoms with Crippen molar-refractivity contribution in [1.82, 2.24) is 15.5 Å². The van der Waals surface area contributed by atoms with Gasteiger partial charge in [-0.15, -0.1) is 0 Å². The summed E-state index contributed by atoms with van der Waals surface area (Å²) in [7, 11) is 0. The van der Waals surface area contributed by atoms with Crippen LogP contribution in [0.2, 0.25) is 10.0 Å². The number of amides is 3. The summed E-state index contributed by atoms with van der Waals surface area (Å²) in [4.78, 5) is 27.5. The lowest BCUT2D eigenvalue weighted by Gasteiger charge is -2.32. The number of carbonyl (C=O) groups excluding carboxylic acids is 2. The summed E-state index contributed by atoms with van der Waals surface area (Å²) >= 11 is 12.1. The summed E-state index contributed by atoms with van der Waals surface area (Å²) in [5.41, 5.74) is 1.83. The van der Waals surface area contributed by atoms with Crippen LogP contribution in [0.5, 0.6) is 0 Å². The summed E-state index contributed by atoms with van der Waals surface area (Å²) in [6.07, 6.45) is 2.02. The summed E-state index contributed by atoms with van der Waals surface area (Å²) in [5, 5.41) is 9.77. The molecule has 0 saturated carbocycles. The van der Waals surface area contributed by atoms with Crippen LogP contribution in [0.4, 0.5) is 10.5 Å². The number of benzene rings is 2. The molecule has 0 unspecified atom stereocenters. The fourth-order valence-corrected chi connectivity index (χ4v) is 4.29. The molecule has 0 spiro atoms. The molecule has 0 radical (unpaired) electrons. The third kappa shape index (κ3) is 7.91. The Hall–Kier alpha value is -2.28. The van der Waals surface area contributed by atoms with Gasteiger partial charge in [0.05, 0.1) is 10.0 Å². The van der Waals surface area contributed by atoms with Gasteiger partial charge in [-0.1, -0.05) is 61.3 Å². The van der Waals surface area contributed by atoms with Crippen molar-refractivity contribution in [3.63, 3.8) is 0 Å². The molecule has 3 amide bonds. The highest BCUT2D eigenvalue weighted by molar-refractivity contribution is 6.42. The van der Waals surface area contributed by atoms with Crippen LogP contribution in [0.3, 0.4) is 0 Å². The molecule has 0 aromatic heterocycles. The predicted octanol–water partition coefficient (Wildman–Crippen LogP) is 5.17. The second-order valence-corrected chi connectivity index (χ2v) is 9.71. The predicted molar refractivity (Wildman–Crippen MR) is 135 cm³/mol. The van der Waals surface area contributed by atoms with Crippen LogP contribution in [0, 0.1) is 11.8 Å². The summed E-state index contributed by atoms with van der Waals surface area (Å²) in [5.74, 6) is 0.246. The molecular weight excluding hydrogens is 459 g/mol. The maximum atomic E-state index is 12.8. The number of nitrogens with one attached hydrogen (secondary N) is 3. The van der Waals surface area contributed by atoms with Gasteiger partial charge in [-0.25, -0.2) is 4.79 Å². The van der Waals surface area contributed by atoms with E-state index < -0.39 is 6.04 Å². The van der Waals surface area contributed by atoms with Gasteiger partial charge in [-0.05, 0) is 67.6 Å². The van der Waals surface area contributed by atoms with Crippen molar-refractivity contribution < 1.29 is 9.59 Å². The zero-order valence-corrected chi connectivity index (χ0v) is 20.6. The summed E-state index contributed by atoms with van der Waals surface area (Å²) in [6.45, 7) is 7.23. The number of anilines is 1. The molecule has 1 fully saturated rings. The zero-order chi connectivity index (χ0) is 23.8. The Morgan fingerprint density at radius 1 is 1.03 bits per heavy atom. The molecule has 2 aromatic rings. The van der Waals surface area contributed by atoms with Crippen LogP contribution in [-0.2, 0) is 11.3 Å². The first-order valence-corrected chi connectivity index (χ1v) is 12.1. The van der Waals surface area contributed by atoms with E-state index in [4.69, 9.17) is 23.2 Å². The van der Waals surface area contributed by atoms with E-state index in [1.165, 1.54) is 0 Å². The first-order valence-electron chi connectivity index (χ1n) is 11.4. The lowest BCUT2D eigenvalue weighted by molar-refractivity contribution is -0.124. The number of hydrogen-bond donors (Lipinski definition) is 3. The third-order valence-corrected chi connectivity index (χ3v) is 6.67. The average molecular weight is 491 g/mol. The standard InChI is InChI=1S/C25H32Cl2N4O2/c1-17(2)23(30-25(33)29-20-6-4-3-5-7-20)24(32)28-15-18-10-12-31(13-11-18)16-19-8-9-21(26)22(27)14-19/h3-9,14,17-18,23H,10-13,15-16H2,1-2H3,(H,28,32)(H2,29,30,33)/t23-/m0/s1. The Kier molecular flexibility index (Phi) is 9.41. The molecule has 3 rings (SSSR count). The maximum absolute atomic E-state index is 12.8. The summed E-state index contributed by atoms with van der Waals surface area (Å²) in [6, 6.07) is 14.0. The largest absolute Gasteiger partial charge is 0.354 e. The lowest BCUT2D eigenvalue weighted by atomic mass is 9.96. The second kappa shape index (κ2) is 12.3. The fourth-order valence-electron chi connectivity index (χ4n) is 3.96. The van der Waals surface area contributed by atoms with Gasteiger partial charge >= 0.3 is 6.03 Å². The highest BCUT2D eigenvalue weighted by atomic mass is 35.5. The Morgan fingerprint density at radius 2 is 1.73 bits per heavy atom. The van der Waals surface area contributed by atoms with Crippen LogP contribution < -0.4 is 16.0 Å². The van der Waals surface area contributed by atoms with Crippen LogP contribution in [0.15, 0.2) is 48.5 Å². The number of carbonyl (C=O) groups is 2. The quantitative estimate of drug-likeness (QED) is 0.477. The lowest BCUT2D eigenvalue weighted by Crippen LogP contribution is -2.52. The summed E-state index contributed by atoms with van der Waals surface area (Å²) < 4.78 is 0. The van der Waals surface area contributed by atoms with E-state index in [9.17, 15) is 9.59 Å². The van der Waals surface area contributed by atoms with Crippen LogP contribution in [0.25, 0.3) is 0 Å². The number of urea groups is 1. The third-order valence-electron chi connectivity index (χ3n) is 5.93. The molecule has 178 valence electrons. The Labute approximate surface area is 206 Å². The SMILES string of the molecule is CC(C)[C@H](NC(=O)Nc1ccccc1)C(=O)NCC1CCN(Cc2ccc(Cl)c(Cl)c2)CC1. The number of likely N-dealkylation sites (tertiary alicyclic amines) is 1. The molecule has 6 nitrogen and oxygen atoms in total. The minimum Gasteiger partial charge on any atom is -0.354 e. The number of para-hydroxylation sites is 1. The number of piperidine rings is 1. The first kappa shape index (κ1) is 25.3. The Balaban J connectivity index is 1.42. The number of nitrogens with zero attached hydrogens (tertiary/aromatic N) is 1. The van der Waals surface area contributed by atoms with Crippen molar-refractivity contribution in [2.45, 2.75) is 39.3 Å². The van der Waals surface area contributed by atoms with E-state index in [-0.39, 0.29) is 17.9 Å². The maximum Gasteiger partial charge on any atom is 0.319 e. The zero-order valence-electron chi connectivity index (χ0n) is 19.1. The minimum absolute atomic E-state index is 0.0282. The Bertz CT molecular complexity index is 931. The van der Waals surface area contributed by atoms with Crippen LogP contribution in [-0.4, -0.2) is 42.5 Å². The van der Waals surface area contributed by atoms with Gasteiger partial charge in [0.25, 0.3) is 0 Å². The molecule has 1 aliphatic heterocycles. The molecule has 1 heterocycles. The van der Waals surface area contributed by atoms with Crippen LogP contribution in [0.1, 0.15) is 32.3 Å². The number of halogens is 2. The van der Waals surface area contributed by atoms with Crippen molar-refractivity contribution in [3.8, 4) is 0 Å². The molecule has 3 N–H and O–H groups in total. The molecule has 33 heavy (non-hydrogen) atoms. The molecule has 0 bridgehead atoms.